The smallest absolute Gasteiger partial charge is 0.132 e. The Morgan fingerprint density at radius 3 is 2.62 bits per heavy atom. The van der Waals surface area contributed by atoms with Crippen LogP contribution in [0, 0.1) is 0 Å². The third kappa shape index (κ3) is 2.84. The third-order valence-electron chi connectivity index (χ3n) is 2.28. The first-order chi connectivity index (χ1) is 7.88. The van der Waals surface area contributed by atoms with Gasteiger partial charge >= 0.3 is 0 Å². The molecule has 0 amide bonds. The van der Waals surface area contributed by atoms with E-state index in [0.29, 0.717) is 6.54 Å². The molecule has 16 heavy (non-hydrogen) atoms. The highest BCUT2D eigenvalue weighted by atomic mass is 14.9. The topological polar surface area (TPSA) is 64.7 Å². The monoisotopic (exact) mass is 214 g/mol. The van der Waals surface area contributed by atoms with E-state index in [-0.39, 0.29) is 0 Å². The number of nitrogens with two attached hydrogens (primary N) is 1. The summed E-state index contributed by atoms with van der Waals surface area (Å²) in [6, 6.07) is 5.85. The molecule has 2 aromatic heterocycles. The Kier molecular flexibility index (Phi) is 3.56. The summed E-state index contributed by atoms with van der Waals surface area (Å²) in [4.78, 5) is 12.7. The summed E-state index contributed by atoms with van der Waals surface area (Å²) >= 11 is 0. The number of hydrogen-bond donors (Lipinski definition) is 1. The van der Waals surface area contributed by atoms with Crippen LogP contribution in [0.1, 0.15) is 17.1 Å². The first-order valence-corrected chi connectivity index (χ1v) is 5.28. The van der Waals surface area contributed by atoms with Crippen molar-refractivity contribution in [1.29, 1.82) is 0 Å². The van der Waals surface area contributed by atoms with Gasteiger partial charge in [0.1, 0.15) is 5.82 Å². The lowest BCUT2D eigenvalue weighted by atomic mass is 10.2. The van der Waals surface area contributed by atoms with Gasteiger partial charge in [0, 0.05) is 37.1 Å². The zero-order valence-electron chi connectivity index (χ0n) is 9.00. The summed E-state index contributed by atoms with van der Waals surface area (Å²) in [6.07, 6.45) is 6.87. The lowest BCUT2D eigenvalue weighted by Crippen LogP contribution is -2.06. The molecule has 0 aromatic carbocycles. The lowest BCUT2D eigenvalue weighted by molar-refractivity contribution is 0.865. The van der Waals surface area contributed by atoms with Crippen LogP contribution < -0.4 is 5.73 Å². The minimum Gasteiger partial charge on any atom is -0.330 e. The van der Waals surface area contributed by atoms with Crippen LogP contribution in [0.25, 0.3) is 0 Å². The van der Waals surface area contributed by atoms with Gasteiger partial charge in [0.15, 0.2) is 0 Å². The molecule has 2 rings (SSSR count). The van der Waals surface area contributed by atoms with Crippen LogP contribution in [-0.2, 0) is 12.8 Å². The van der Waals surface area contributed by atoms with Crippen molar-refractivity contribution in [2.24, 2.45) is 5.73 Å². The average Bonchev–Trinajstić information content (AvgIpc) is 2.31. The largest absolute Gasteiger partial charge is 0.330 e. The molecule has 0 unspecified atom stereocenters. The van der Waals surface area contributed by atoms with Crippen molar-refractivity contribution in [3.8, 4) is 0 Å². The molecule has 0 spiro atoms. The van der Waals surface area contributed by atoms with Crippen LogP contribution >= 0.6 is 0 Å². The Morgan fingerprint density at radius 1 is 1.06 bits per heavy atom. The zero-order chi connectivity index (χ0) is 11.2. The lowest BCUT2D eigenvalue weighted by Gasteiger charge is -2.02. The molecule has 0 aliphatic carbocycles. The van der Waals surface area contributed by atoms with E-state index in [1.54, 1.807) is 18.6 Å². The van der Waals surface area contributed by atoms with Gasteiger partial charge in [-0.05, 0) is 30.3 Å². The van der Waals surface area contributed by atoms with E-state index < -0.39 is 0 Å². The number of hydrogen-bond acceptors (Lipinski definition) is 4. The highest BCUT2D eigenvalue weighted by Crippen LogP contribution is 2.04. The molecular formula is C12H14N4. The molecule has 0 atom stereocenters. The summed E-state index contributed by atoms with van der Waals surface area (Å²) in [6.45, 7) is 0.617. The summed E-state index contributed by atoms with van der Waals surface area (Å²) in [5.74, 6) is 0.831. The standard InChI is InChI=1S/C12H14N4/c13-5-1-11-4-8-15-12(16-11)9-10-2-6-14-7-3-10/h2-4,6-8H,1,5,9,13H2. The molecule has 0 fully saturated rings. The summed E-state index contributed by atoms with van der Waals surface area (Å²) in [5.41, 5.74) is 7.66. The minimum absolute atomic E-state index is 0.617. The van der Waals surface area contributed by atoms with E-state index in [1.165, 1.54) is 5.56 Å². The van der Waals surface area contributed by atoms with Gasteiger partial charge in [-0.25, -0.2) is 9.97 Å². The Balaban J connectivity index is 2.12. The van der Waals surface area contributed by atoms with Gasteiger partial charge in [-0.15, -0.1) is 0 Å². The first-order valence-electron chi connectivity index (χ1n) is 5.28. The molecule has 4 nitrogen and oxygen atoms in total. The summed E-state index contributed by atoms with van der Waals surface area (Å²) in [7, 11) is 0. The van der Waals surface area contributed by atoms with Crippen LogP contribution in [0.4, 0.5) is 0 Å². The molecule has 0 saturated heterocycles. The fraction of sp³-hybridized carbons (Fsp3) is 0.250. The van der Waals surface area contributed by atoms with Crippen molar-refractivity contribution in [1.82, 2.24) is 15.0 Å². The Morgan fingerprint density at radius 2 is 1.88 bits per heavy atom. The summed E-state index contributed by atoms with van der Waals surface area (Å²) in [5, 5.41) is 0. The molecule has 0 aliphatic rings. The second-order valence-corrected chi connectivity index (χ2v) is 3.54. The second kappa shape index (κ2) is 5.32. The molecule has 82 valence electrons. The van der Waals surface area contributed by atoms with Crippen molar-refractivity contribution < 1.29 is 0 Å². The number of rotatable bonds is 4. The van der Waals surface area contributed by atoms with Gasteiger partial charge < -0.3 is 5.73 Å². The van der Waals surface area contributed by atoms with E-state index in [9.17, 15) is 0 Å². The van der Waals surface area contributed by atoms with E-state index in [0.717, 1.165) is 24.4 Å². The molecule has 0 bridgehead atoms. The van der Waals surface area contributed by atoms with Crippen LogP contribution in [0.3, 0.4) is 0 Å². The maximum Gasteiger partial charge on any atom is 0.132 e. The van der Waals surface area contributed by atoms with Crippen molar-refractivity contribution in [2.75, 3.05) is 6.54 Å². The fourth-order valence-corrected chi connectivity index (χ4v) is 1.50. The average molecular weight is 214 g/mol. The van der Waals surface area contributed by atoms with Crippen LogP contribution in [0.2, 0.25) is 0 Å². The van der Waals surface area contributed by atoms with Gasteiger partial charge in [0.05, 0.1) is 0 Å². The van der Waals surface area contributed by atoms with Gasteiger partial charge in [-0.3, -0.25) is 4.98 Å². The first kappa shape index (κ1) is 10.7. The zero-order valence-corrected chi connectivity index (χ0v) is 9.00. The Hall–Kier alpha value is -1.81. The van der Waals surface area contributed by atoms with Crippen molar-refractivity contribution in [2.45, 2.75) is 12.8 Å². The third-order valence-corrected chi connectivity index (χ3v) is 2.28. The summed E-state index contributed by atoms with van der Waals surface area (Å²) < 4.78 is 0. The van der Waals surface area contributed by atoms with Crippen molar-refractivity contribution in [3.05, 3.63) is 53.9 Å². The van der Waals surface area contributed by atoms with Gasteiger partial charge in [0.25, 0.3) is 0 Å². The molecule has 2 heterocycles. The van der Waals surface area contributed by atoms with Gasteiger partial charge in [-0.2, -0.15) is 0 Å². The van der Waals surface area contributed by atoms with E-state index in [4.69, 9.17) is 5.73 Å². The Labute approximate surface area is 94.6 Å². The molecule has 2 N–H and O–H groups in total. The quantitative estimate of drug-likeness (QED) is 0.823. The predicted octanol–water partition coefficient (Wildman–Crippen LogP) is 0.964. The second-order valence-electron chi connectivity index (χ2n) is 3.54. The molecule has 0 aliphatic heterocycles. The van der Waals surface area contributed by atoms with Crippen LogP contribution in [-0.4, -0.2) is 21.5 Å². The molecule has 0 saturated carbocycles. The fourth-order valence-electron chi connectivity index (χ4n) is 1.50. The van der Waals surface area contributed by atoms with Crippen LogP contribution in [0.15, 0.2) is 36.8 Å². The molecule has 2 aromatic rings. The maximum absolute atomic E-state index is 5.49. The molecule has 4 heteroatoms. The van der Waals surface area contributed by atoms with E-state index in [2.05, 4.69) is 15.0 Å². The number of pyridine rings is 1. The molecular weight excluding hydrogens is 200 g/mol. The van der Waals surface area contributed by atoms with Gasteiger partial charge in [0.2, 0.25) is 0 Å². The van der Waals surface area contributed by atoms with Crippen LogP contribution in [0.5, 0.6) is 0 Å². The Bertz CT molecular complexity index is 442. The highest BCUT2D eigenvalue weighted by molar-refractivity contribution is 5.16. The predicted molar refractivity (Wildman–Crippen MR) is 61.8 cm³/mol. The van der Waals surface area contributed by atoms with Crippen molar-refractivity contribution >= 4 is 0 Å². The highest BCUT2D eigenvalue weighted by Gasteiger charge is 2.00. The van der Waals surface area contributed by atoms with E-state index >= 15 is 0 Å². The van der Waals surface area contributed by atoms with Gasteiger partial charge in [-0.1, -0.05) is 0 Å². The molecule has 0 radical (unpaired) electrons. The minimum atomic E-state index is 0.617. The SMILES string of the molecule is NCCc1ccnc(Cc2ccncc2)n1. The number of nitrogens with zero attached hydrogens (tertiary/aromatic N) is 3. The van der Waals surface area contributed by atoms with E-state index in [1.807, 2.05) is 18.2 Å². The normalized spacial score (nSPS) is 10.3. The van der Waals surface area contributed by atoms with Crippen molar-refractivity contribution in [3.63, 3.8) is 0 Å². The number of aromatic nitrogens is 3. The maximum atomic E-state index is 5.49.